The first-order valence-corrected chi connectivity index (χ1v) is 16.5. The molecule has 1 heterocycles. The van der Waals surface area contributed by atoms with Crippen molar-refractivity contribution in [3.8, 4) is 5.75 Å². The van der Waals surface area contributed by atoms with Gasteiger partial charge in [0.1, 0.15) is 17.9 Å². The molecule has 6 nitrogen and oxygen atoms in total. The highest BCUT2D eigenvalue weighted by Gasteiger charge is 2.32. The summed E-state index contributed by atoms with van der Waals surface area (Å²) in [5.41, 5.74) is 5.44. The lowest BCUT2D eigenvalue weighted by Gasteiger charge is -2.22. The molecule has 8 heteroatoms. The largest absolute Gasteiger partial charge is 0.493 e. The number of fused-ring (bicyclic) bond motifs is 1. The van der Waals surface area contributed by atoms with Gasteiger partial charge in [0.05, 0.1) is 19.4 Å². The zero-order valence-corrected chi connectivity index (χ0v) is 21.9. The Hall–Kier alpha value is -1.40. The van der Waals surface area contributed by atoms with E-state index in [9.17, 15) is 14.3 Å². The third-order valence-corrected chi connectivity index (χ3v) is 8.78. The lowest BCUT2D eigenvalue weighted by Crippen LogP contribution is -2.23. The molecule has 174 valence electrons. The number of hydrogen-bond donors (Lipinski definition) is 1. The second-order valence-electron chi connectivity index (χ2n) is 9.32. The maximum absolute atomic E-state index is 12.6. The molecule has 0 fully saturated rings. The Morgan fingerprint density at radius 3 is 2.52 bits per heavy atom. The van der Waals surface area contributed by atoms with E-state index in [0.717, 1.165) is 40.3 Å². The van der Waals surface area contributed by atoms with Crippen molar-refractivity contribution in [2.45, 2.75) is 72.8 Å². The highest BCUT2D eigenvalue weighted by Crippen LogP contribution is 2.44. The Morgan fingerprint density at radius 1 is 1.26 bits per heavy atom. The van der Waals surface area contributed by atoms with Crippen molar-refractivity contribution < 1.29 is 28.3 Å². The van der Waals surface area contributed by atoms with E-state index < -0.39 is 15.7 Å². The van der Waals surface area contributed by atoms with Crippen LogP contribution in [0.1, 0.15) is 53.4 Å². The van der Waals surface area contributed by atoms with Crippen LogP contribution in [0, 0.1) is 6.92 Å². The van der Waals surface area contributed by atoms with Gasteiger partial charge in [0.2, 0.25) is 0 Å². The summed E-state index contributed by atoms with van der Waals surface area (Å²) in [4.78, 5) is 22.5. The van der Waals surface area contributed by atoms with Gasteiger partial charge in [0.25, 0.3) is 0 Å². The number of rotatable bonds is 11. The van der Waals surface area contributed by atoms with Crippen molar-refractivity contribution in [2.75, 3.05) is 19.4 Å². The molecule has 1 N–H and O–H groups in total. The van der Waals surface area contributed by atoms with Crippen LogP contribution in [0.2, 0.25) is 25.7 Å². The molecule has 0 aromatic heterocycles. The molecule has 31 heavy (non-hydrogen) atoms. The normalized spacial score (nSPS) is 16.1. The number of cyclic esters (lactones) is 1. The van der Waals surface area contributed by atoms with E-state index in [1.54, 1.807) is 6.92 Å². The van der Waals surface area contributed by atoms with Crippen LogP contribution in [-0.2, 0) is 33.3 Å². The fraction of sp³-hybridized carbons (Fsp3) is 0.609. The minimum absolute atomic E-state index is 0.0138. The number of hydrogen-bond acceptors (Lipinski definition) is 5. The Morgan fingerprint density at radius 2 is 1.94 bits per heavy atom. The van der Waals surface area contributed by atoms with Crippen LogP contribution in [0.5, 0.6) is 5.75 Å². The summed E-state index contributed by atoms with van der Waals surface area (Å²) in [7, 11) is -4.94. The molecule has 0 saturated carbocycles. The van der Waals surface area contributed by atoms with Crippen LogP contribution in [0.25, 0.3) is 0 Å². The number of benzene rings is 1. The van der Waals surface area contributed by atoms with Crippen molar-refractivity contribution in [1.29, 1.82) is 0 Å². The van der Waals surface area contributed by atoms with Crippen LogP contribution in [0.3, 0.4) is 0 Å². The van der Waals surface area contributed by atoms with Crippen molar-refractivity contribution >= 4 is 21.6 Å². The highest BCUT2D eigenvalue weighted by molar-refractivity contribution is 7.53. The first kappa shape index (κ1) is 25.9. The van der Waals surface area contributed by atoms with E-state index in [-0.39, 0.29) is 25.3 Å². The van der Waals surface area contributed by atoms with E-state index in [1.807, 2.05) is 19.9 Å². The topological polar surface area (TPSA) is 82.1 Å². The maximum Gasteiger partial charge on any atom is 0.342 e. The number of allylic oxidation sites excluding steroid dienone is 2. The monoisotopic (exact) mass is 468 g/mol. The van der Waals surface area contributed by atoms with Gasteiger partial charge in [0.15, 0.2) is 0 Å². The summed E-state index contributed by atoms with van der Waals surface area (Å²) >= 11 is 0. The van der Waals surface area contributed by atoms with Gasteiger partial charge in [-0.3, -0.25) is 4.57 Å². The SMILES string of the molecule is CCOP(=O)(O)CC(C)=CCc1c(CC)c(C)c2c(c1OCC[Si](C)(C)C)C(=O)OC2. The Labute approximate surface area is 187 Å². The molecule has 0 saturated heterocycles. The summed E-state index contributed by atoms with van der Waals surface area (Å²) in [5.74, 6) is 0.293. The molecule has 1 aliphatic heterocycles. The maximum atomic E-state index is 12.6. The number of carbonyl (C=O) groups excluding carboxylic acids is 1. The van der Waals surface area contributed by atoms with Gasteiger partial charge in [-0.15, -0.1) is 0 Å². The predicted molar refractivity (Wildman–Crippen MR) is 127 cm³/mol. The average molecular weight is 469 g/mol. The molecular formula is C23H37O6PSi. The van der Waals surface area contributed by atoms with Gasteiger partial charge in [-0.1, -0.05) is 38.2 Å². The van der Waals surface area contributed by atoms with Crippen molar-refractivity contribution in [1.82, 2.24) is 0 Å². The molecule has 1 aromatic carbocycles. The molecule has 1 atom stereocenters. The highest BCUT2D eigenvalue weighted by atomic mass is 31.2. The summed E-state index contributed by atoms with van der Waals surface area (Å²) in [6.07, 6.45) is 3.25. The van der Waals surface area contributed by atoms with E-state index in [0.29, 0.717) is 24.3 Å². The second-order valence-corrected chi connectivity index (χ2v) is 16.8. The van der Waals surface area contributed by atoms with Gasteiger partial charge >= 0.3 is 13.6 Å². The second kappa shape index (κ2) is 10.5. The van der Waals surface area contributed by atoms with Crippen molar-refractivity contribution in [3.05, 3.63) is 39.5 Å². The zero-order valence-electron chi connectivity index (χ0n) is 20.0. The minimum atomic E-state index is -3.64. The molecule has 0 radical (unpaired) electrons. The van der Waals surface area contributed by atoms with E-state index in [4.69, 9.17) is 14.0 Å². The van der Waals surface area contributed by atoms with Crippen molar-refractivity contribution in [3.63, 3.8) is 0 Å². The molecule has 0 aliphatic carbocycles. The van der Waals surface area contributed by atoms with Gasteiger partial charge in [-0.25, -0.2) is 4.79 Å². The molecule has 1 aliphatic rings. The molecule has 1 unspecified atom stereocenters. The number of ether oxygens (including phenoxy) is 2. The average Bonchev–Trinajstić information content (AvgIpc) is 3.02. The number of carbonyl (C=O) groups is 1. The first-order chi connectivity index (χ1) is 14.4. The summed E-state index contributed by atoms with van der Waals surface area (Å²) < 4.78 is 28.7. The third-order valence-electron chi connectivity index (χ3n) is 5.51. The molecular weight excluding hydrogens is 431 g/mol. The standard InChI is InChI=1S/C23H37O6PSi/c1-8-18-17(4)20-14-28-23(24)21(20)22(27-12-13-31(5,6)7)19(18)11-10-16(3)15-30(25,26)29-9-2/h10H,8-9,11-15H2,1-7H3,(H,25,26). The van der Waals surface area contributed by atoms with Gasteiger partial charge < -0.3 is 18.9 Å². The Balaban J connectivity index is 2.45. The lowest BCUT2D eigenvalue weighted by atomic mass is 9.89. The molecule has 0 spiro atoms. The molecule has 0 bridgehead atoms. The van der Waals surface area contributed by atoms with Crippen LogP contribution < -0.4 is 4.74 Å². The predicted octanol–water partition coefficient (Wildman–Crippen LogP) is 5.66. The van der Waals surface area contributed by atoms with Crippen LogP contribution in [0.4, 0.5) is 0 Å². The van der Waals surface area contributed by atoms with Crippen molar-refractivity contribution in [2.24, 2.45) is 0 Å². The third kappa shape index (κ3) is 6.79. The van der Waals surface area contributed by atoms with E-state index in [2.05, 4.69) is 26.6 Å². The lowest BCUT2D eigenvalue weighted by molar-refractivity contribution is 0.0532. The van der Waals surface area contributed by atoms with Gasteiger partial charge in [-0.05, 0) is 50.8 Å². The molecule has 2 rings (SSSR count). The minimum Gasteiger partial charge on any atom is -0.493 e. The van der Waals surface area contributed by atoms with Crippen LogP contribution in [0.15, 0.2) is 11.6 Å². The van der Waals surface area contributed by atoms with Gasteiger partial charge in [0, 0.05) is 19.2 Å². The van der Waals surface area contributed by atoms with Crippen LogP contribution in [-0.4, -0.2) is 38.3 Å². The summed E-state index contributed by atoms with van der Waals surface area (Å²) in [5, 5.41) is 0. The van der Waals surface area contributed by atoms with Crippen LogP contribution >= 0.6 is 7.60 Å². The fourth-order valence-electron chi connectivity index (χ4n) is 3.84. The van der Waals surface area contributed by atoms with E-state index >= 15 is 0 Å². The smallest absolute Gasteiger partial charge is 0.342 e. The summed E-state index contributed by atoms with van der Waals surface area (Å²) in [6.45, 7) is 15.6. The molecule has 1 aromatic rings. The molecule has 0 amide bonds. The number of esters is 1. The Kier molecular flexibility index (Phi) is 8.74. The first-order valence-electron chi connectivity index (χ1n) is 11.0. The Bertz CT molecular complexity index is 901. The summed E-state index contributed by atoms with van der Waals surface area (Å²) in [6, 6.07) is 0.989. The van der Waals surface area contributed by atoms with E-state index in [1.165, 1.54) is 0 Å². The van der Waals surface area contributed by atoms with Gasteiger partial charge in [-0.2, -0.15) is 0 Å². The zero-order chi connectivity index (χ0) is 23.4. The quantitative estimate of drug-likeness (QED) is 0.195. The fourth-order valence-corrected chi connectivity index (χ4v) is 5.81.